The maximum atomic E-state index is 8.76. The number of rotatable bonds is 4. The first-order valence-electron chi connectivity index (χ1n) is 5.49. The summed E-state index contributed by atoms with van der Waals surface area (Å²) in [7, 11) is 0. The van der Waals surface area contributed by atoms with E-state index in [1.807, 2.05) is 12.3 Å². The van der Waals surface area contributed by atoms with Gasteiger partial charge in [-0.25, -0.2) is 4.68 Å². The van der Waals surface area contributed by atoms with Crippen molar-refractivity contribution in [3.05, 3.63) is 39.2 Å². The molecule has 5 heteroatoms. The topological polar surface area (TPSA) is 50.9 Å². The molecule has 1 heterocycles. The average molecular weight is 343 g/mol. The first-order chi connectivity index (χ1) is 8.20. The Bertz CT molecular complexity index is 510. The maximum absolute atomic E-state index is 8.76. The molecule has 0 spiro atoms. The molecule has 0 fully saturated rings. The fourth-order valence-electron chi connectivity index (χ4n) is 1.52. The summed E-state index contributed by atoms with van der Waals surface area (Å²) >= 11 is 2.31. The van der Waals surface area contributed by atoms with E-state index in [1.165, 1.54) is 9.13 Å². The largest absolute Gasteiger partial charge is 0.396 e. The summed E-state index contributed by atoms with van der Waals surface area (Å²) in [4.78, 5) is 0. The van der Waals surface area contributed by atoms with Crippen LogP contribution in [0.2, 0.25) is 0 Å². The lowest BCUT2D eigenvalue weighted by atomic mass is 10.2. The molecule has 2 rings (SSSR count). The van der Waals surface area contributed by atoms with Crippen molar-refractivity contribution in [1.29, 1.82) is 0 Å². The normalized spacial score (nSPS) is 10.8. The Morgan fingerprint density at radius 3 is 2.94 bits per heavy atom. The summed E-state index contributed by atoms with van der Waals surface area (Å²) in [5.74, 6) is 0. The first-order valence-corrected chi connectivity index (χ1v) is 6.57. The Kier molecular flexibility index (Phi) is 4.11. The van der Waals surface area contributed by atoms with Gasteiger partial charge in [0, 0.05) is 10.2 Å². The highest BCUT2D eigenvalue weighted by Crippen LogP contribution is 2.16. The standard InChI is InChI=1S/C12H14IN3O/c1-9-4-5-11(7-12(9)13)16-8-10(14-15-16)3-2-6-17/h4-5,7-8,17H,2-3,6H2,1H3. The van der Waals surface area contributed by atoms with Crippen LogP contribution in [0.3, 0.4) is 0 Å². The molecule has 0 aliphatic carbocycles. The predicted molar refractivity (Wildman–Crippen MR) is 74.2 cm³/mol. The molecule has 0 aliphatic rings. The summed E-state index contributed by atoms with van der Waals surface area (Å²) in [6, 6.07) is 6.19. The van der Waals surface area contributed by atoms with Crippen molar-refractivity contribution in [2.45, 2.75) is 19.8 Å². The van der Waals surface area contributed by atoms with Crippen LogP contribution >= 0.6 is 22.6 Å². The number of hydrogen-bond acceptors (Lipinski definition) is 3. The van der Waals surface area contributed by atoms with Gasteiger partial charge in [-0.1, -0.05) is 11.3 Å². The zero-order valence-corrected chi connectivity index (χ0v) is 11.8. The van der Waals surface area contributed by atoms with Crippen LogP contribution in [-0.2, 0) is 6.42 Å². The second-order valence-electron chi connectivity index (χ2n) is 3.92. The number of aliphatic hydroxyl groups is 1. The lowest BCUT2D eigenvalue weighted by molar-refractivity contribution is 0.288. The third-order valence-corrected chi connectivity index (χ3v) is 3.71. The molecule has 0 saturated heterocycles. The summed E-state index contributed by atoms with van der Waals surface area (Å²) in [5.41, 5.74) is 3.19. The van der Waals surface area contributed by atoms with Crippen LogP contribution in [-0.4, -0.2) is 26.7 Å². The number of aliphatic hydroxyl groups excluding tert-OH is 1. The van der Waals surface area contributed by atoms with E-state index in [1.54, 1.807) is 4.68 Å². The first kappa shape index (κ1) is 12.5. The van der Waals surface area contributed by atoms with Crippen molar-refractivity contribution >= 4 is 22.6 Å². The molecule has 1 N–H and O–H groups in total. The summed E-state index contributed by atoms with van der Waals surface area (Å²) < 4.78 is 2.99. The van der Waals surface area contributed by atoms with Crippen LogP contribution < -0.4 is 0 Å². The summed E-state index contributed by atoms with van der Waals surface area (Å²) in [5, 5.41) is 16.9. The van der Waals surface area contributed by atoms with Gasteiger partial charge < -0.3 is 5.11 Å². The Labute approximate surface area is 114 Å². The monoisotopic (exact) mass is 343 g/mol. The molecule has 2 aromatic rings. The van der Waals surface area contributed by atoms with Crippen LogP contribution in [0, 0.1) is 10.5 Å². The van der Waals surface area contributed by atoms with Gasteiger partial charge in [-0.15, -0.1) is 5.10 Å². The van der Waals surface area contributed by atoms with Crippen molar-refractivity contribution in [2.24, 2.45) is 0 Å². The lowest BCUT2D eigenvalue weighted by Crippen LogP contribution is -1.96. The number of aryl methyl sites for hydroxylation is 2. The summed E-state index contributed by atoms with van der Waals surface area (Å²) in [6.07, 6.45) is 3.40. The zero-order chi connectivity index (χ0) is 12.3. The van der Waals surface area contributed by atoms with E-state index in [0.717, 1.165) is 24.2 Å². The minimum atomic E-state index is 0.190. The highest BCUT2D eigenvalue weighted by atomic mass is 127. The zero-order valence-electron chi connectivity index (χ0n) is 9.60. The van der Waals surface area contributed by atoms with Crippen LogP contribution in [0.5, 0.6) is 0 Å². The van der Waals surface area contributed by atoms with Gasteiger partial charge in [0.25, 0.3) is 0 Å². The number of aromatic nitrogens is 3. The highest BCUT2D eigenvalue weighted by molar-refractivity contribution is 14.1. The van der Waals surface area contributed by atoms with E-state index in [0.29, 0.717) is 0 Å². The van der Waals surface area contributed by atoms with Crippen molar-refractivity contribution in [3.8, 4) is 5.69 Å². The van der Waals surface area contributed by atoms with Crippen molar-refractivity contribution in [2.75, 3.05) is 6.61 Å². The molecule has 0 unspecified atom stereocenters. The SMILES string of the molecule is Cc1ccc(-n2cc(CCCO)nn2)cc1I. The molecule has 17 heavy (non-hydrogen) atoms. The summed E-state index contributed by atoms with van der Waals surface area (Å²) in [6.45, 7) is 2.27. The van der Waals surface area contributed by atoms with Crippen LogP contribution in [0.25, 0.3) is 5.69 Å². The molecular formula is C12H14IN3O. The highest BCUT2D eigenvalue weighted by Gasteiger charge is 2.04. The van der Waals surface area contributed by atoms with Gasteiger partial charge in [0.1, 0.15) is 0 Å². The van der Waals surface area contributed by atoms with Crippen LogP contribution in [0.15, 0.2) is 24.4 Å². The van der Waals surface area contributed by atoms with E-state index < -0.39 is 0 Å². The predicted octanol–water partition coefficient (Wildman–Crippen LogP) is 2.11. The van der Waals surface area contributed by atoms with E-state index in [2.05, 4.69) is 52.0 Å². The van der Waals surface area contributed by atoms with Crippen molar-refractivity contribution in [1.82, 2.24) is 15.0 Å². The van der Waals surface area contributed by atoms with Gasteiger partial charge in [-0.3, -0.25) is 0 Å². The minimum Gasteiger partial charge on any atom is -0.396 e. The molecule has 0 bridgehead atoms. The molecule has 90 valence electrons. The molecule has 0 radical (unpaired) electrons. The van der Waals surface area contributed by atoms with Crippen molar-refractivity contribution in [3.63, 3.8) is 0 Å². The second kappa shape index (κ2) is 5.59. The van der Waals surface area contributed by atoms with E-state index in [-0.39, 0.29) is 6.61 Å². The fourth-order valence-corrected chi connectivity index (χ4v) is 2.02. The van der Waals surface area contributed by atoms with E-state index in [9.17, 15) is 0 Å². The quantitative estimate of drug-likeness (QED) is 0.865. The Morgan fingerprint density at radius 2 is 2.24 bits per heavy atom. The van der Waals surface area contributed by atoms with Gasteiger partial charge in [0.2, 0.25) is 0 Å². The van der Waals surface area contributed by atoms with Gasteiger partial charge >= 0.3 is 0 Å². The third kappa shape index (κ3) is 3.04. The maximum Gasteiger partial charge on any atom is 0.0832 e. The molecule has 0 amide bonds. The third-order valence-electron chi connectivity index (χ3n) is 2.55. The van der Waals surface area contributed by atoms with Gasteiger partial charge in [0.05, 0.1) is 17.6 Å². The number of halogens is 1. The van der Waals surface area contributed by atoms with Gasteiger partial charge in [-0.05, 0) is 60.1 Å². The van der Waals surface area contributed by atoms with E-state index in [4.69, 9.17) is 5.11 Å². The van der Waals surface area contributed by atoms with Crippen LogP contribution in [0.1, 0.15) is 17.7 Å². The van der Waals surface area contributed by atoms with Crippen molar-refractivity contribution < 1.29 is 5.11 Å². The lowest BCUT2D eigenvalue weighted by Gasteiger charge is -2.02. The number of hydrogen-bond donors (Lipinski definition) is 1. The Hall–Kier alpha value is -0.950. The van der Waals surface area contributed by atoms with Gasteiger partial charge in [0.15, 0.2) is 0 Å². The molecule has 1 aromatic carbocycles. The second-order valence-corrected chi connectivity index (χ2v) is 5.08. The van der Waals surface area contributed by atoms with Gasteiger partial charge in [-0.2, -0.15) is 0 Å². The minimum absolute atomic E-state index is 0.190. The molecular weight excluding hydrogens is 329 g/mol. The van der Waals surface area contributed by atoms with E-state index >= 15 is 0 Å². The molecule has 0 saturated carbocycles. The number of nitrogens with zero attached hydrogens (tertiary/aromatic N) is 3. The molecule has 0 atom stereocenters. The van der Waals surface area contributed by atoms with Crippen LogP contribution in [0.4, 0.5) is 0 Å². The Morgan fingerprint density at radius 1 is 1.41 bits per heavy atom. The molecule has 0 aliphatic heterocycles. The molecule has 1 aromatic heterocycles. The fraction of sp³-hybridized carbons (Fsp3) is 0.333. The Balaban J connectivity index is 2.21. The number of benzene rings is 1. The average Bonchev–Trinajstić information content (AvgIpc) is 2.79. The molecule has 4 nitrogen and oxygen atoms in total. The smallest absolute Gasteiger partial charge is 0.0832 e.